The Balaban J connectivity index is 1.76. The molecule has 0 aromatic heterocycles. The molecule has 1 aliphatic rings. The molecule has 1 fully saturated rings. The topological polar surface area (TPSA) is 106 Å². The molecule has 2 aromatic carbocycles. The van der Waals surface area contributed by atoms with Gasteiger partial charge in [-0.05, 0) is 65.2 Å². The van der Waals surface area contributed by atoms with Gasteiger partial charge in [0.15, 0.2) is 11.5 Å². The second-order valence-corrected chi connectivity index (χ2v) is 8.35. The first-order valence-corrected chi connectivity index (χ1v) is 11.4. The van der Waals surface area contributed by atoms with Crippen molar-refractivity contribution in [2.75, 3.05) is 26.1 Å². The molecule has 0 radical (unpaired) electrons. The van der Waals surface area contributed by atoms with Crippen molar-refractivity contribution in [3.63, 3.8) is 0 Å². The lowest BCUT2D eigenvalue weighted by molar-refractivity contribution is -0.127. The summed E-state index contributed by atoms with van der Waals surface area (Å²) < 4.78 is 17.2. The molecule has 3 rings (SSSR count). The zero-order valence-corrected chi connectivity index (χ0v) is 20.9. The third kappa shape index (κ3) is 5.69. The minimum Gasteiger partial charge on any atom is -0.495 e. The van der Waals surface area contributed by atoms with Crippen molar-refractivity contribution < 1.29 is 28.6 Å². The molecule has 1 aliphatic heterocycles. The number of methoxy groups -OCH3 is 2. The van der Waals surface area contributed by atoms with Crippen LogP contribution in [0.5, 0.6) is 17.2 Å². The van der Waals surface area contributed by atoms with E-state index >= 15 is 0 Å². The Kier molecular flexibility index (Phi) is 8.17. The molecule has 180 valence electrons. The second kappa shape index (κ2) is 11.1. The largest absolute Gasteiger partial charge is 0.495 e. The summed E-state index contributed by atoms with van der Waals surface area (Å²) >= 11 is 3.48. The zero-order valence-electron chi connectivity index (χ0n) is 19.3. The van der Waals surface area contributed by atoms with Crippen LogP contribution in [0.4, 0.5) is 10.5 Å². The van der Waals surface area contributed by atoms with Crippen molar-refractivity contribution >= 4 is 45.5 Å². The van der Waals surface area contributed by atoms with Crippen LogP contribution >= 0.6 is 15.9 Å². The van der Waals surface area contributed by atoms with Crippen LogP contribution in [-0.4, -0.2) is 49.6 Å². The van der Waals surface area contributed by atoms with E-state index in [1.54, 1.807) is 36.4 Å². The average molecular weight is 532 g/mol. The van der Waals surface area contributed by atoms with Crippen molar-refractivity contribution in [1.29, 1.82) is 0 Å². The van der Waals surface area contributed by atoms with Crippen LogP contribution in [0.3, 0.4) is 0 Å². The van der Waals surface area contributed by atoms with Crippen molar-refractivity contribution in [1.82, 2.24) is 10.2 Å². The molecule has 0 saturated carbocycles. The number of nitrogens with one attached hydrogen (secondary N) is 2. The number of nitrogens with zero attached hydrogens (tertiary/aromatic N) is 1. The Labute approximate surface area is 206 Å². The van der Waals surface area contributed by atoms with Crippen molar-refractivity contribution in [3.8, 4) is 17.2 Å². The van der Waals surface area contributed by atoms with Crippen LogP contribution in [0.15, 0.2) is 46.6 Å². The fraction of sp³-hybridized carbons (Fsp3) is 0.292. The van der Waals surface area contributed by atoms with Crippen LogP contribution in [0.2, 0.25) is 0 Å². The predicted molar refractivity (Wildman–Crippen MR) is 131 cm³/mol. The standard InChI is InChI=1S/C24H26BrN3O6/c1-5-14(2)34-22-16(25)10-15(12-20(22)33-4)11-18-23(30)28(24(31)27-18)13-21(29)26-17-8-6-7-9-19(17)32-3/h6-12,14H,5,13H2,1-4H3,(H,26,29)(H,27,31)/b18-11+/t14-/m1/s1. The van der Waals surface area contributed by atoms with Gasteiger partial charge in [0.1, 0.15) is 18.0 Å². The molecule has 2 N–H and O–H groups in total. The first-order chi connectivity index (χ1) is 16.3. The van der Waals surface area contributed by atoms with Gasteiger partial charge < -0.3 is 24.8 Å². The molecule has 1 saturated heterocycles. The normalized spacial score (nSPS) is 15.2. The first-order valence-electron chi connectivity index (χ1n) is 10.6. The molecule has 0 aliphatic carbocycles. The van der Waals surface area contributed by atoms with Crippen LogP contribution in [-0.2, 0) is 9.59 Å². The Morgan fingerprint density at radius 3 is 2.56 bits per heavy atom. The second-order valence-electron chi connectivity index (χ2n) is 7.50. The molecule has 1 heterocycles. The number of hydrogen-bond acceptors (Lipinski definition) is 6. The van der Waals surface area contributed by atoms with Gasteiger partial charge in [-0.2, -0.15) is 0 Å². The van der Waals surface area contributed by atoms with E-state index in [-0.39, 0.29) is 11.8 Å². The smallest absolute Gasteiger partial charge is 0.329 e. The Bertz CT molecular complexity index is 1130. The van der Waals surface area contributed by atoms with Gasteiger partial charge in [-0.25, -0.2) is 9.69 Å². The first kappa shape index (κ1) is 25.1. The van der Waals surface area contributed by atoms with E-state index in [2.05, 4.69) is 26.6 Å². The number of carbonyl (C=O) groups is 3. The van der Waals surface area contributed by atoms with Crippen molar-refractivity contribution in [2.24, 2.45) is 0 Å². The third-order valence-electron chi connectivity index (χ3n) is 5.10. The molecule has 10 heteroatoms. The summed E-state index contributed by atoms with van der Waals surface area (Å²) in [6.07, 6.45) is 2.32. The SMILES string of the molecule is CC[C@@H](C)Oc1c(Br)cc(/C=C2/NC(=O)N(CC(=O)Nc3ccccc3OC)C2=O)cc1OC. The van der Waals surface area contributed by atoms with Crippen molar-refractivity contribution in [2.45, 2.75) is 26.4 Å². The number of carbonyl (C=O) groups excluding carboxylic acids is 3. The summed E-state index contributed by atoms with van der Waals surface area (Å²) in [6.45, 7) is 3.52. The highest BCUT2D eigenvalue weighted by Gasteiger charge is 2.35. The molecule has 4 amide bonds. The van der Waals surface area contributed by atoms with Gasteiger partial charge in [-0.1, -0.05) is 19.1 Å². The quantitative estimate of drug-likeness (QED) is 0.371. The van der Waals surface area contributed by atoms with E-state index in [0.717, 1.165) is 11.3 Å². The van der Waals surface area contributed by atoms with Gasteiger partial charge in [0.2, 0.25) is 5.91 Å². The summed E-state index contributed by atoms with van der Waals surface area (Å²) in [5, 5.41) is 5.16. The maximum absolute atomic E-state index is 12.8. The molecule has 34 heavy (non-hydrogen) atoms. The number of urea groups is 1. The fourth-order valence-electron chi connectivity index (χ4n) is 3.19. The van der Waals surface area contributed by atoms with E-state index in [4.69, 9.17) is 14.2 Å². The third-order valence-corrected chi connectivity index (χ3v) is 5.69. The minimum atomic E-state index is -0.686. The van der Waals surface area contributed by atoms with Crippen LogP contribution in [0.25, 0.3) is 6.08 Å². The lowest BCUT2D eigenvalue weighted by Gasteiger charge is -2.17. The lowest BCUT2D eigenvalue weighted by Crippen LogP contribution is -2.38. The molecule has 0 bridgehead atoms. The molecule has 9 nitrogen and oxygen atoms in total. The van der Waals surface area contributed by atoms with E-state index in [1.165, 1.54) is 20.3 Å². The molecular weight excluding hydrogens is 506 g/mol. The monoisotopic (exact) mass is 531 g/mol. The number of amides is 4. The predicted octanol–water partition coefficient (Wildman–Crippen LogP) is 4.18. The maximum Gasteiger partial charge on any atom is 0.329 e. The summed E-state index contributed by atoms with van der Waals surface area (Å²) in [7, 11) is 3.00. The Hall–Kier alpha value is -3.53. The highest BCUT2D eigenvalue weighted by atomic mass is 79.9. The number of benzene rings is 2. The summed E-state index contributed by atoms with van der Waals surface area (Å²) in [5.41, 5.74) is 1.08. The number of rotatable bonds is 9. The lowest BCUT2D eigenvalue weighted by atomic mass is 10.1. The molecule has 0 spiro atoms. The van der Waals surface area contributed by atoms with Gasteiger partial charge in [-0.15, -0.1) is 0 Å². The van der Waals surface area contributed by atoms with Gasteiger partial charge in [0, 0.05) is 0 Å². The van der Waals surface area contributed by atoms with Crippen LogP contribution in [0, 0.1) is 0 Å². The van der Waals surface area contributed by atoms with Crippen molar-refractivity contribution in [3.05, 3.63) is 52.1 Å². The molecular formula is C24H26BrN3O6. The van der Waals surface area contributed by atoms with Gasteiger partial charge in [0.25, 0.3) is 5.91 Å². The van der Waals surface area contributed by atoms with Gasteiger partial charge >= 0.3 is 6.03 Å². The van der Waals surface area contributed by atoms with Gasteiger partial charge in [-0.3, -0.25) is 9.59 Å². The number of anilines is 1. The van der Waals surface area contributed by atoms with Crippen LogP contribution in [0.1, 0.15) is 25.8 Å². The number of hydrogen-bond donors (Lipinski definition) is 2. The fourth-order valence-corrected chi connectivity index (χ4v) is 3.74. The average Bonchev–Trinajstić information content (AvgIpc) is 3.07. The highest BCUT2D eigenvalue weighted by molar-refractivity contribution is 9.10. The van der Waals surface area contributed by atoms with E-state index in [0.29, 0.717) is 33.0 Å². The minimum absolute atomic E-state index is 0.0133. The van der Waals surface area contributed by atoms with Crippen LogP contribution < -0.4 is 24.8 Å². The Morgan fingerprint density at radius 2 is 1.88 bits per heavy atom. The highest BCUT2D eigenvalue weighted by Crippen LogP contribution is 2.38. The van der Waals surface area contributed by atoms with E-state index in [1.807, 2.05) is 13.8 Å². The molecule has 0 unspecified atom stereocenters. The number of imide groups is 1. The molecule has 2 aromatic rings. The Morgan fingerprint density at radius 1 is 1.18 bits per heavy atom. The molecule has 1 atom stereocenters. The number of ether oxygens (including phenoxy) is 3. The summed E-state index contributed by atoms with van der Waals surface area (Å²) in [6, 6.07) is 9.62. The number of para-hydroxylation sites is 2. The number of halogens is 1. The summed E-state index contributed by atoms with van der Waals surface area (Å²) in [4.78, 5) is 38.5. The van der Waals surface area contributed by atoms with Gasteiger partial charge in [0.05, 0.1) is 30.5 Å². The zero-order chi connectivity index (χ0) is 24.8. The van der Waals surface area contributed by atoms with E-state index < -0.39 is 24.4 Å². The van der Waals surface area contributed by atoms with E-state index in [9.17, 15) is 14.4 Å². The maximum atomic E-state index is 12.8. The summed E-state index contributed by atoms with van der Waals surface area (Å²) in [5.74, 6) is 0.344.